The average molecular weight is 486 g/mol. The van der Waals surface area contributed by atoms with Crippen LogP contribution in [0.3, 0.4) is 0 Å². The Bertz CT molecular complexity index is 1480. The maximum Gasteiger partial charge on any atom is 0.332 e. The van der Waals surface area contributed by atoms with Gasteiger partial charge in [0, 0.05) is 32.7 Å². The van der Waals surface area contributed by atoms with E-state index in [-0.39, 0.29) is 27.2 Å². The topological polar surface area (TPSA) is 123 Å². The van der Waals surface area contributed by atoms with Crippen LogP contribution in [-0.4, -0.2) is 45.8 Å². The predicted molar refractivity (Wildman–Crippen MR) is 128 cm³/mol. The van der Waals surface area contributed by atoms with Crippen LogP contribution in [0.15, 0.2) is 51.0 Å². The molecule has 3 heterocycles. The van der Waals surface area contributed by atoms with Crippen molar-refractivity contribution in [1.82, 2.24) is 18.4 Å². The highest BCUT2D eigenvalue weighted by molar-refractivity contribution is 7.89. The molecule has 2 aromatic heterocycles. The summed E-state index contributed by atoms with van der Waals surface area (Å²) in [6, 6.07) is 7.22. The summed E-state index contributed by atoms with van der Waals surface area (Å²) in [5.41, 5.74) is -0.265. The molecular weight excluding hydrogens is 458 g/mol. The molecule has 1 aliphatic heterocycles. The molecule has 10 nitrogen and oxygen atoms in total. The Kier molecular flexibility index (Phi) is 6.17. The van der Waals surface area contributed by atoms with Crippen LogP contribution in [0, 0.1) is 11.8 Å². The molecule has 1 aromatic carbocycles. The number of nitrogens with zero attached hydrogens (tertiary/aromatic N) is 4. The number of benzene rings is 1. The van der Waals surface area contributed by atoms with Gasteiger partial charge < -0.3 is 5.32 Å². The van der Waals surface area contributed by atoms with Gasteiger partial charge in [-0.25, -0.2) is 18.2 Å². The number of hydrogen-bond acceptors (Lipinski definition) is 6. The first-order valence-corrected chi connectivity index (χ1v) is 12.4. The highest BCUT2D eigenvalue weighted by Crippen LogP contribution is 2.27. The second-order valence-corrected chi connectivity index (χ2v) is 11.0. The minimum Gasteiger partial charge on any atom is -0.321 e. The van der Waals surface area contributed by atoms with E-state index in [1.807, 2.05) is 13.8 Å². The van der Waals surface area contributed by atoms with Crippen LogP contribution in [-0.2, 0) is 24.1 Å². The Morgan fingerprint density at radius 3 is 2.26 bits per heavy atom. The predicted octanol–water partition coefficient (Wildman–Crippen LogP) is 1.55. The number of carbonyl (C=O) groups excluding carboxylic acids is 1. The van der Waals surface area contributed by atoms with Gasteiger partial charge in [-0.05, 0) is 48.6 Å². The quantitative estimate of drug-likeness (QED) is 0.598. The second kappa shape index (κ2) is 8.80. The van der Waals surface area contributed by atoms with Crippen molar-refractivity contribution < 1.29 is 13.2 Å². The zero-order chi connectivity index (χ0) is 24.8. The third kappa shape index (κ3) is 4.28. The number of hydrogen-bond donors (Lipinski definition) is 1. The summed E-state index contributed by atoms with van der Waals surface area (Å²) < 4.78 is 29.8. The van der Waals surface area contributed by atoms with Crippen molar-refractivity contribution in [3.05, 3.63) is 62.9 Å². The number of pyridine rings is 1. The normalized spacial score (nSPS) is 19.3. The Morgan fingerprint density at radius 2 is 1.65 bits per heavy atom. The van der Waals surface area contributed by atoms with Crippen molar-refractivity contribution in [3.8, 4) is 0 Å². The van der Waals surface area contributed by atoms with Gasteiger partial charge in [0.05, 0.1) is 22.2 Å². The summed E-state index contributed by atoms with van der Waals surface area (Å²) in [5.74, 6) is 0.101. The van der Waals surface area contributed by atoms with Crippen LogP contribution >= 0.6 is 0 Å². The Labute approximate surface area is 196 Å². The monoisotopic (exact) mass is 485 g/mol. The number of sulfonamides is 1. The number of amides is 1. The van der Waals surface area contributed by atoms with Crippen LogP contribution in [0.25, 0.3) is 11.0 Å². The van der Waals surface area contributed by atoms with Gasteiger partial charge in [0.1, 0.15) is 5.65 Å². The van der Waals surface area contributed by atoms with Crippen molar-refractivity contribution in [2.75, 3.05) is 18.4 Å². The molecule has 0 bridgehead atoms. The highest BCUT2D eigenvalue weighted by Gasteiger charge is 2.31. The molecule has 1 saturated heterocycles. The number of anilines is 1. The summed E-state index contributed by atoms with van der Waals surface area (Å²) in [5, 5.41) is 2.86. The van der Waals surface area contributed by atoms with Crippen LogP contribution < -0.4 is 16.6 Å². The molecule has 34 heavy (non-hydrogen) atoms. The van der Waals surface area contributed by atoms with Crippen molar-refractivity contribution >= 4 is 32.7 Å². The number of nitrogens with one attached hydrogen (secondary N) is 1. The van der Waals surface area contributed by atoms with Crippen LogP contribution in [0.5, 0.6) is 0 Å². The summed E-state index contributed by atoms with van der Waals surface area (Å²) in [6.07, 6.45) is 2.35. The van der Waals surface area contributed by atoms with Crippen LogP contribution in [0.1, 0.15) is 30.6 Å². The van der Waals surface area contributed by atoms with Crippen molar-refractivity contribution in [3.63, 3.8) is 0 Å². The van der Waals surface area contributed by atoms with Gasteiger partial charge in [-0.15, -0.1) is 0 Å². The minimum atomic E-state index is -3.64. The van der Waals surface area contributed by atoms with Gasteiger partial charge in [-0.2, -0.15) is 4.31 Å². The molecule has 11 heteroatoms. The molecule has 1 fully saturated rings. The van der Waals surface area contributed by atoms with Crippen LogP contribution in [0.4, 0.5) is 5.69 Å². The second-order valence-electron chi connectivity index (χ2n) is 9.05. The van der Waals surface area contributed by atoms with Gasteiger partial charge in [0.15, 0.2) is 0 Å². The molecule has 2 unspecified atom stereocenters. The summed E-state index contributed by atoms with van der Waals surface area (Å²) in [7, 11) is -0.762. The van der Waals surface area contributed by atoms with E-state index in [1.165, 1.54) is 59.5 Å². The lowest BCUT2D eigenvalue weighted by Gasteiger charge is -2.34. The van der Waals surface area contributed by atoms with E-state index in [1.54, 1.807) is 0 Å². The van der Waals surface area contributed by atoms with Crippen molar-refractivity contribution in [1.29, 1.82) is 0 Å². The SMILES string of the molecule is CC1CC(C)CN(S(=O)(=O)c2ccc(C(=O)Nc3cnc4c(c3)c(=O)n(C)c(=O)n4C)cc2)C1. The number of carbonyl (C=O) groups is 1. The number of fused-ring (bicyclic) bond motifs is 1. The number of aryl methyl sites for hydroxylation is 1. The molecule has 0 aliphatic carbocycles. The van der Waals surface area contributed by atoms with Gasteiger partial charge in [0.25, 0.3) is 11.5 Å². The average Bonchev–Trinajstić information content (AvgIpc) is 2.80. The fourth-order valence-corrected chi connectivity index (χ4v) is 6.15. The van der Waals surface area contributed by atoms with Gasteiger partial charge in [-0.3, -0.25) is 18.7 Å². The molecule has 0 saturated carbocycles. The van der Waals surface area contributed by atoms with E-state index >= 15 is 0 Å². The molecule has 4 rings (SSSR count). The fourth-order valence-electron chi connectivity index (χ4n) is 4.47. The molecular formula is C23H27N5O5S. The lowest BCUT2D eigenvalue weighted by molar-refractivity contribution is 0.102. The number of aromatic nitrogens is 3. The Hall–Kier alpha value is -3.31. The number of rotatable bonds is 4. The zero-order valence-electron chi connectivity index (χ0n) is 19.5. The third-order valence-corrected chi connectivity index (χ3v) is 7.99. The van der Waals surface area contributed by atoms with Gasteiger partial charge >= 0.3 is 5.69 Å². The highest BCUT2D eigenvalue weighted by atomic mass is 32.2. The standard InChI is InChI=1S/C23H27N5O5S/c1-14-9-15(2)13-28(12-14)34(32,33)18-7-5-16(6-8-18)21(29)25-17-10-19-20(24-11-17)26(3)23(31)27(4)22(19)30/h5-8,10-11,14-15H,9,12-13H2,1-4H3,(H,25,29). The third-order valence-electron chi connectivity index (χ3n) is 6.14. The lowest BCUT2D eigenvalue weighted by atomic mass is 9.94. The molecule has 180 valence electrons. The molecule has 1 N–H and O–H groups in total. The molecule has 2 atom stereocenters. The first kappa shape index (κ1) is 23.8. The van der Waals surface area contributed by atoms with Crippen molar-refractivity contribution in [2.45, 2.75) is 25.2 Å². The summed E-state index contributed by atoms with van der Waals surface area (Å²) in [6.45, 7) is 5.05. The van der Waals surface area contributed by atoms with Crippen molar-refractivity contribution in [2.24, 2.45) is 25.9 Å². The molecule has 1 aliphatic rings. The fraction of sp³-hybridized carbons (Fsp3) is 0.391. The minimum absolute atomic E-state index is 0.141. The first-order valence-electron chi connectivity index (χ1n) is 11.0. The largest absolute Gasteiger partial charge is 0.332 e. The Morgan fingerprint density at radius 1 is 1.03 bits per heavy atom. The van der Waals surface area contributed by atoms with E-state index in [9.17, 15) is 22.8 Å². The zero-order valence-corrected chi connectivity index (χ0v) is 20.3. The molecule has 3 aromatic rings. The lowest BCUT2D eigenvalue weighted by Crippen LogP contribution is -2.42. The maximum absolute atomic E-state index is 13.0. The van der Waals surface area contributed by atoms with E-state index < -0.39 is 27.2 Å². The smallest absolute Gasteiger partial charge is 0.321 e. The van der Waals surface area contributed by atoms with E-state index in [0.717, 1.165) is 11.0 Å². The summed E-state index contributed by atoms with van der Waals surface area (Å²) in [4.78, 5) is 41.5. The summed E-state index contributed by atoms with van der Waals surface area (Å²) >= 11 is 0. The molecule has 1 amide bonds. The first-order chi connectivity index (χ1) is 16.0. The van der Waals surface area contributed by atoms with Gasteiger partial charge in [0.2, 0.25) is 10.0 Å². The molecule has 0 spiro atoms. The maximum atomic E-state index is 13.0. The van der Waals surface area contributed by atoms with E-state index in [0.29, 0.717) is 24.9 Å². The molecule has 0 radical (unpaired) electrons. The van der Waals surface area contributed by atoms with E-state index in [2.05, 4.69) is 10.3 Å². The van der Waals surface area contributed by atoms with E-state index in [4.69, 9.17) is 0 Å². The van der Waals surface area contributed by atoms with Gasteiger partial charge in [-0.1, -0.05) is 13.8 Å². The number of piperidine rings is 1. The van der Waals surface area contributed by atoms with Crippen LogP contribution in [0.2, 0.25) is 0 Å². The Balaban J connectivity index is 1.56.